The van der Waals surface area contributed by atoms with Crippen LogP contribution >= 0.6 is 0 Å². The molecule has 0 aromatic heterocycles. The van der Waals surface area contributed by atoms with Gasteiger partial charge in [0.1, 0.15) is 6.04 Å². The molecule has 7 heteroatoms. The summed E-state index contributed by atoms with van der Waals surface area (Å²) in [4.78, 5) is 12.9. The summed E-state index contributed by atoms with van der Waals surface area (Å²) in [6, 6.07) is -0.689. The van der Waals surface area contributed by atoms with Crippen LogP contribution in [0.4, 0.5) is 0 Å². The zero-order valence-electron chi connectivity index (χ0n) is 10.5. The Balaban J connectivity index is 2.73. The fourth-order valence-corrected chi connectivity index (χ4v) is 3.47. The first-order valence-corrected chi connectivity index (χ1v) is 7.55. The van der Waals surface area contributed by atoms with Gasteiger partial charge in [0.15, 0.2) is 0 Å². The summed E-state index contributed by atoms with van der Waals surface area (Å²) in [6.07, 6.45) is 1.72. The first-order valence-electron chi connectivity index (χ1n) is 5.71. The van der Waals surface area contributed by atoms with Crippen LogP contribution in [0.5, 0.6) is 0 Å². The molecule has 0 aromatic carbocycles. The highest BCUT2D eigenvalue weighted by Crippen LogP contribution is 2.16. The van der Waals surface area contributed by atoms with Crippen LogP contribution in [0.15, 0.2) is 0 Å². The van der Waals surface area contributed by atoms with Crippen LogP contribution in [0.1, 0.15) is 20.3 Å². The molecule has 0 aromatic rings. The second-order valence-electron chi connectivity index (χ2n) is 4.48. The first kappa shape index (κ1) is 14.4. The third-order valence-corrected chi connectivity index (χ3v) is 4.53. The van der Waals surface area contributed by atoms with Gasteiger partial charge in [-0.3, -0.25) is 9.69 Å². The monoisotopic (exact) mass is 264 g/mol. The molecule has 17 heavy (non-hydrogen) atoms. The second-order valence-corrected chi connectivity index (χ2v) is 6.42. The van der Waals surface area contributed by atoms with E-state index in [9.17, 15) is 13.2 Å². The lowest BCUT2D eigenvalue weighted by molar-refractivity contribution is -0.144. The number of carboxylic acids is 1. The lowest BCUT2D eigenvalue weighted by atomic mass is 10.1. The number of sulfonamides is 1. The molecule has 0 saturated carbocycles. The van der Waals surface area contributed by atoms with Crippen molar-refractivity contribution < 1.29 is 18.3 Å². The van der Waals surface area contributed by atoms with E-state index >= 15 is 0 Å². The van der Waals surface area contributed by atoms with E-state index < -0.39 is 22.0 Å². The minimum atomic E-state index is -3.19. The third kappa shape index (κ3) is 3.40. The highest BCUT2D eigenvalue weighted by atomic mass is 32.2. The standard InChI is InChI=1S/C10H20N2O4S/c1-4-9(10(13)14)11-5-6-12(8(2)7-11)17(3,15)16/h8-9H,4-7H2,1-3H3,(H,13,14)/t8-,9?/m1/s1. The van der Waals surface area contributed by atoms with Gasteiger partial charge in [0.25, 0.3) is 0 Å². The summed E-state index contributed by atoms with van der Waals surface area (Å²) in [5, 5.41) is 9.06. The molecule has 1 unspecified atom stereocenters. The Bertz CT molecular complexity index is 382. The van der Waals surface area contributed by atoms with E-state index in [4.69, 9.17) is 5.11 Å². The molecule has 1 saturated heterocycles. The Morgan fingerprint density at radius 3 is 2.41 bits per heavy atom. The van der Waals surface area contributed by atoms with Gasteiger partial charge in [-0.15, -0.1) is 0 Å². The minimum absolute atomic E-state index is 0.174. The van der Waals surface area contributed by atoms with Crippen LogP contribution in [-0.4, -0.2) is 66.7 Å². The van der Waals surface area contributed by atoms with Gasteiger partial charge in [-0.2, -0.15) is 4.31 Å². The van der Waals surface area contributed by atoms with Crippen molar-refractivity contribution in [3.63, 3.8) is 0 Å². The van der Waals surface area contributed by atoms with Crippen LogP contribution in [0.2, 0.25) is 0 Å². The third-order valence-electron chi connectivity index (χ3n) is 3.14. The van der Waals surface area contributed by atoms with Gasteiger partial charge in [-0.1, -0.05) is 6.92 Å². The fourth-order valence-electron chi connectivity index (χ4n) is 2.33. The van der Waals surface area contributed by atoms with Crippen LogP contribution in [0.25, 0.3) is 0 Å². The quantitative estimate of drug-likeness (QED) is 0.762. The second kappa shape index (κ2) is 5.32. The molecule has 6 nitrogen and oxygen atoms in total. The van der Waals surface area contributed by atoms with Gasteiger partial charge >= 0.3 is 5.97 Å². The van der Waals surface area contributed by atoms with Gasteiger partial charge in [0.05, 0.1) is 6.26 Å². The lowest BCUT2D eigenvalue weighted by Gasteiger charge is -2.40. The number of hydrogen-bond donors (Lipinski definition) is 1. The molecule has 2 atom stereocenters. The summed E-state index contributed by atoms with van der Waals surface area (Å²) >= 11 is 0. The molecule has 0 radical (unpaired) electrons. The number of aliphatic carboxylic acids is 1. The Morgan fingerprint density at radius 2 is 2.06 bits per heavy atom. The zero-order chi connectivity index (χ0) is 13.2. The summed E-state index contributed by atoms with van der Waals surface area (Å²) in [5.41, 5.74) is 0. The summed E-state index contributed by atoms with van der Waals surface area (Å²) in [6.45, 7) is 4.94. The van der Waals surface area contributed by atoms with Gasteiger partial charge in [-0.25, -0.2) is 8.42 Å². The van der Waals surface area contributed by atoms with E-state index in [1.807, 2.05) is 18.7 Å². The SMILES string of the molecule is CCC(C(=O)O)N1CCN(S(C)(=O)=O)[C@H](C)C1. The van der Waals surface area contributed by atoms with Crippen LogP contribution < -0.4 is 0 Å². The van der Waals surface area contributed by atoms with Crippen LogP contribution in [-0.2, 0) is 14.8 Å². The van der Waals surface area contributed by atoms with Gasteiger partial charge in [-0.05, 0) is 13.3 Å². The number of hydrogen-bond acceptors (Lipinski definition) is 4. The zero-order valence-corrected chi connectivity index (χ0v) is 11.3. The molecule has 0 spiro atoms. The molecular formula is C10H20N2O4S. The summed E-state index contributed by atoms with van der Waals surface area (Å²) in [7, 11) is -3.19. The molecule has 0 aliphatic carbocycles. The van der Waals surface area contributed by atoms with E-state index in [1.54, 1.807) is 0 Å². The summed E-state index contributed by atoms with van der Waals surface area (Å²) in [5.74, 6) is -0.840. The van der Waals surface area contributed by atoms with Gasteiger partial charge < -0.3 is 5.11 Å². The van der Waals surface area contributed by atoms with Crippen molar-refractivity contribution in [3.8, 4) is 0 Å². The molecule has 0 bridgehead atoms. The van der Waals surface area contributed by atoms with Crippen molar-refractivity contribution in [2.45, 2.75) is 32.4 Å². The molecule has 100 valence electrons. The topological polar surface area (TPSA) is 77.9 Å². The van der Waals surface area contributed by atoms with Crippen molar-refractivity contribution in [3.05, 3.63) is 0 Å². The van der Waals surface area contributed by atoms with E-state index in [0.717, 1.165) is 0 Å². The van der Waals surface area contributed by atoms with Crippen molar-refractivity contribution in [2.24, 2.45) is 0 Å². The first-order chi connectivity index (χ1) is 7.77. The van der Waals surface area contributed by atoms with E-state index in [0.29, 0.717) is 26.1 Å². The van der Waals surface area contributed by atoms with E-state index in [1.165, 1.54) is 10.6 Å². The Hall–Kier alpha value is -0.660. The van der Waals surface area contributed by atoms with Gasteiger partial charge in [0.2, 0.25) is 10.0 Å². The number of nitrogens with zero attached hydrogens (tertiary/aromatic N) is 2. The van der Waals surface area contributed by atoms with E-state index in [-0.39, 0.29) is 6.04 Å². The van der Waals surface area contributed by atoms with Gasteiger partial charge in [0, 0.05) is 25.7 Å². The molecule has 1 fully saturated rings. The highest BCUT2D eigenvalue weighted by Gasteiger charge is 2.34. The highest BCUT2D eigenvalue weighted by molar-refractivity contribution is 7.88. The normalized spacial score (nSPS) is 25.7. The average Bonchev–Trinajstić information content (AvgIpc) is 2.15. The number of carbonyl (C=O) groups is 1. The fraction of sp³-hybridized carbons (Fsp3) is 0.900. The predicted octanol–water partition coefficient (Wildman–Crippen LogP) is -0.185. The minimum Gasteiger partial charge on any atom is -0.480 e. The predicted molar refractivity (Wildman–Crippen MR) is 64.3 cm³/mol. The number of carboxylic acid groups (broad SMARTS) is 1. The largest absolute Gasteiger partial charge is 0.480 e. The number of piperazine rings is 1. The van der Waals surface area contributed by atoms with Crippen molar-refractivity contribution in [1.82, 2.24) is 9.21 Å². The molecule has 0 amide bonds. The van der Waals surface area contributed by atoms with Crippen molar-refractivity contribution in [1.29, 1.82) is 0 Å². The molecular weight excluding hydrogens is 244 g/mol. The molecule has 1 aliphatic rings. The van der Waals surface area contributed by atoms with E-state index in [2.05, 4.69) is 0 Å². The maximum atomic E-state index is 11.5. The average molecular weight is 264 g/mol. The van der Waals surface area contributed by atoms with Crippen LogP contribution in [0.3, 0.4) is 0 Å². The van der Waals surface area contributed by atoms with Crippen molar-refractivity contribution in [2.75, 3.05) is 25.9 Å². The van der Waals surface area contributed by atoms with Crippen LogP contribution in [0, 0.1) is 0 Å². The Morgan fingerprint density at radius 1 is 1.47 bits per heavy atom. The molecule has 1 rings (SSSR count). The Labute approximate surface area is 102 Å². The molecule has 1 heterocycles. The maximum Gasteiger partial charge on any atom is 0.320 e. The smallest absolute Gasteiger partial charge is 0.320 e. The summed E-state index contributed by atoms with van der Waals surface area (Å²) < 4.78 is 24.4. The van der Waals surface area contributed by atoms with Crippen molar-refractivity contribution >= 4 is 16.0 Å². The molecule has 1 N–H and O–H groups in total. The molecule has 1 aliphatic heterocycles. The Kier molecular flexibility index (Phi) is 4.51. The maximum absolute atomic E-state index is 11.5. The number of rotatable bonds is 4. The lowest BCUT2D eigenvalue weighted by Crippen LogP contribution is -2.57.